The number of benzene rings is 3. The Morgan fingerprint density at radius 1 is 0.739 bits per heavy atom. The van der Waals surface area contributed by atoms with Gasteiger partial charge in [0.1, 0.15) is 0 Å². The summed E-state index contributed by atoms with van der Waals surface area (Å²) in [5, 5.41) is 5.00. The fraction of sp³-hybridized carbons (Fsp3) is 0.0526. The zero-order chi connectivity index (χ0) is 13.9. The fourth-order valence-corrected chi connectivity index (χ4v) is 3.21. The normalized spacial score (nSPS) is 10.1. The van der Waals surface area contributed by atoms with Gasteiger partial charge in [0.2, 0.25) is 0 Å². The van der Waals surface area contributed by atoms with E-state index in [1.807, 2.05) is 0 Å². The molecule has 0 saturated carbocycles. The molecule has 0 unspecified atom stereocenters. The quantitative estimate of drug-likeness (QED) is 0.291. The van der Waals surface area contributed by atoms with Gasteiger partial charge >= 0.3 is 0 Å². The van der Waals surface area contributed by atoms with Crippen molar-refractivity contribution in [2.75, 3.05) is 0 Å². The third-order valence-corrected chi connectivity index (χ3v) is 4.15. The molecule has 0 aliphatic rings. The van der Waals surface area contributed by atoms with Crippen molar-refractivity contribution in [2.24, 2.45) is 7.05 Å². The van der Waals surface area contributed by atoms with E-state index < -0.39 is 0 Å². The Labute approximate surface area is 212 Å². The van der Waals surface area contributed by atoms with Gasteiger partial charge < -0.3 is 4.57 Å². The molecule has 0 amide bonds. The number of rotatable bonds is 0. The molecule has 0 bridgehead atoms. The largest absolute Gasteiger partial charge is 0.345 e. The van der Waals surface area contributed by atoms with Gasteiger partial charge in [-0.05, 0) is 16.8 Å². The molecule has 107 valence electrons. The number of aromatic nitrogens is 1. The number of hydrogen-bond acceptors (Lipinski definition) is 0. The third-order valence-electron chi connectivity index (χ3n) is 4.15. The van der Waals surface area contributed by atoms with Gasteiger partial charge in [0, 0.05) is 116 Å². The van der Waals surface area contributed by atoms with E-state index in [1.165, 1.54) is 32.6 Å². The minimum atomic E-state index is 0. The first-order valence-electron chi connectivity index (χ1n) is 6.74. The van der Waals surface area contributed by atoms with E-state index in [2.05, 4.69) is 74.0 Å². The summed E-state index contributed by atoms with van der Waals surface area (Å²) >= 11 is 0. The molecule has 0 saturated heterocycles. The van der Waals surface area contributed by atoms with Crippen LogP contribution in [0.1, 0.15) is 11.1 Å². The summed E-state index contributed by atoms with van der Waals surface area (Å²) in [5.74, 6) is 0. The summed E-state index contributed by atoms with van der Waals surface area (Å²) in [6.07, 6.45) is 0. The topological polar surface area (TPSA) is 4.93 Å². The molecule has 1 heterocycles. The zero-order valence-electron chi connectivity index (χ0n) is 13.2. The number of fused-ring (bicyclic) bond motifs is 5. The molecule has 3 aromatic carbocycles. The Morgan fingerprint density at radius 2 is 1.43 bits per heavy atom. The molecule has 4 rings (SSSR count). The molecule has 3 radical (unpaired) electrons. The Morgan fingerprint density at radius 3 is 2.17 bits per heavy atom. The van der Waals surface area contributed by atoms with E-state index in [1.54, 1.807) is 0 Å². The summed E-state index contributed by atoms with van der Waals surface area (Å²) in [4.78, 5) is 0. The van der Waals surface area contributed by atoms with Crippen LogP contribution in [0.5, 0.6) is 0 Å². The van der Waals surface area contributed by atoms with Gasteiger partial charge in [0.25, 0.3) is 0 Å². The molecule has 0 aliphatic heterocycles. The van der Waals surface area contributed by atoms with Crippen molar-refractivity contribution in [3.05, 3.63) is 73.5 Å². The van der Waals surface area contributed by atoms with E-state index in [0.717, 1.165) is 11.1 Å². The van der Waals surface area contributed by atoms with Crippen molar-refractivity contribution < 1.29 is 98.1 Å². The molecular weight excluding hydrogens is 509 g/mol. The fourth-order valence-electron chi connectivity index (χ4n) is 3.21. The first-order chi connectivity index (χ1) is 9.66. The monoisotopic (exact) mass is 524 g/mol. The second-order valence-electron chi connectivity index (χ2n) is 5.39. The molecule has 0 spiro atoms. The summed E-state index contributed by atoms with van der Waals surface area (Å²) in [6.45, 7) is 8.24. The Balaban J connectivity index is 0.000000882. The van der Waals surface area contributed by atoms with Crippen LogP contribution in [-0.4, -0.2) is 4.57 Å². The van der Waals surface area contributed by atoms with Crippen molar-refractivity contribution >= 4 is 32.6 Å². The van der Waals surface area contributed by atoms with Crippen LogP contribution in [0.2, 0.25) is 0 Å². The Bertz CT molecular complexity index is 986. The van der Waals surface area contributed by atoms with Crippen LogP contribution in [0.25, 0.3) is 32.6 Å². The molecule has 1 aromatic heterocycles. The predicted octanol–water partition coefficient (Wildman–Crippen LogP) is 4.84. The van der Waals surface area contributed by atoms with Crippen LogP contribution in [0.4, 0.5) is 0 Å². The number of nitrogens with zero attached hydrogens (tertiary/aromatic N) is 1. The summed E-state index contributed by atoms with van der Waals surface area (Å²) < 4.78 is 2.27. The van der Waals surface area contributed by atoms with Crippen LogP contribution in [0.3, 0.4) is 0 Å². The van der Waals surface area contributed by atoms with Gasteiger partial charge in [-0.25, -0.2) is 11.6 Å². The summed E-state index contributed by atoms with van der Waals surface area (Å²) in [6, 6.07) is 17.1. The molecule has 4 heteroatoms. The zero-order valence-corrected chi connectivity index (χ0v) is 21.7. The second-order valence-corrected chi connectivity index (χ2v) is 5.39. The average Bonchev–Trinajstić information content (AvgIpc) is 2.73. The molecule has 1 nitrogen and oxygen atoms in total. The summed E-state index contributed by atoms with van der Waals surface area (Å²) in [7, 11) is 2.13. The van der Waals surface area contributed by atoms with Gasteiger partial charge in [-0.3, -0.25) is 0 Å². The van der Waals surface area contributed by atoms with Crippen molar-refractivity contribution in [3.63, 3.8) is 0 Å². The minimum absolute atomic E-state index is 0. The van der Waals surface area contributed by atoms with E-state index in [9.17, 15) is 0 Å². The Kier molecular flexibility index (Phi) is 8.00. The van der Waals surface area contributed by atoms with Crippen LogP contribution >= 0.6 is 0 Å². The second kappa shape index (κ2) is 8.44. The van der Waals surface area contributed by atoms with Gasteiger partial charge in [0.15, 0.2) is 0 Å². The van der Waals surface area contributed by atoms with E-state index in [-0.39, 0.29) is 98.1 Å². The molecular formula is C19H15NY3-2. The maximum absolute atomic E-state index is 4.22. The molecule has 0 atom stereocenters. The van der Waals surface area contributed by atoms with Crippen molar-refractivity contribution in [1.82, 2.24) is 4.57 Å². The maximum Gasteiger partial charge on any atom is 0.0477 e. The van der Waals surface area contributed by atoms with Gasteiger partial charge in [-0.15, -0.1) is 6.07 Å². The standard InChI is InChI=1S/C19H15N.3Y/c1-12-8-9-15-16(10-12)13(2)11-17-14-6-4-5-7-18(14)20(3)19(15)17;;;/h4-11H,1-2H2,3H3;;;/q-2;;;. The van der Waals surface area contributed by atoms with Crippen molar-refractivity contribution in [1.29, 1.82) is 0 Å². The van der Waals surface area contributed by atoms with Crippen LogP contribution < -0.4 is 0 Å². The number of hydrogen-bond donors (Lipinski definition) is 0. The predicted molar refractivity (Wildman–Crippen MR) is 86.8 cm³/mol. The van der Waals surface area contributed by atoms with E-state index >= 15 is 0 Å². The van der Waals surface area contributed by atoms with Gasteiger partial charge in [-0.1, -0.05) is 23.6 Å². The molecule has 0 aliphatic carbocycles. The first-order valence-corrected chi connectivity index (χ1v) is 6.74. The van der Waals surface area contributed by atoms with Gasteiger partial charge in [0.05, 0.1) is 0 Å². The average molecular weight is 524 g/mol. The molecule has 0 N–H and O–H groups in total. The van der Waals surface area contributed by atoms with Crippen LogP contribution in [0.15, 0.2) is 48.5 Å². The van der Waals surface area contributed by atoms with Crippen molar-refractivity contribution in [2.45, 2.75) is 0 Å². The third kappa shape index (κ3) is 3.53. The van der Waals surface area contributed by atoms with E-state index in [4.69, 9.17) is 0 Å². The molecule has 23 heavy (non-hydrogen) atoms. The maximum atomic E-state index is 4.22. The van der Waals surface area contributed by atoms with Gasteiger partial charge in [-0.2, -0.15) is 36.9 Å². The molecule has 4 aromatic rings. The summed E-state index contributed by atoms with van der Waals surface area (Å²) in [5.41, 5.74) is 4.62. The SMILES string of the molecule is [CH2-]c1ccc2c(c1)c([CH2-])cc1c3ccccc3n(C)c21.[Y].[Y].[Y]. The Hall–Kier alpha value is 0.772. The first kappa shape index (κ1) is 21.8. The van der Waals surface area contributed by atoms with E-state index in [0.29, 0.717) is 0 Å². The molecule has 0 fully saturated rings. The van der Waals surface area contributed by atoms with Crippen molar-refractivity contribution in [3.8, 4) is 0 Å². The number of aryl methyl sites for hydroxylation is 1. The van der Waals surface area contributed by atoms with Crippen LogP contribution in [-0.2, 0) is 105 Å². The number of para-hydroxylation sites is 1. The smallest absolute Gasteiger partial charge is 0.0477 e. The minimum Gasteiger partial charge on any atom is -0.345 e. The van der Waals surface area contributed by atoms with Crippen LogP contribution in [0, 0.1) is 13.8 Å².